The smallest absolute Gasteiger partial charge is 0.344 e. The van der Waals surface area contributed by atoms with Crippen LogP contribution in [-0.4, -0.2) is 31.6 Å². The van der Waals surface area contributed by atoms with E-state index < -0.39 is 11.9 Å². The van der Waals surface area contributed by atoms with Crippen molar-refractivity contribution in [3.63, 3.8) is 0 Å². The maximum absolute atomic E-state index is 12.9. The highest BCUT2D eigenvalue weighted by atomic mass is 19.1. The van der Waals surface area contributed by atoms with Crippen LogP contribution in [0.4, 0.5) is 4.39 Å². The summed E-state index contributed by atoms with van der Waals surface area (Å²) in [6.45, 7) is -0.318. The van der Waals surface area contributed by atoms with Crippen LogP contribution in [0.5, 0.6) is 5.75 Å². The Morgan fingerprint density at radius 3 is 2.30 bits per heavy atom. The molecule has 0 saturated heterocycles. The van der Waals surface area contributed by atoms with Crippen molar-refractivity contribution in [3.8, 4) is 16.9 Å². The summed E-state index contributed by atoms with van der Waals surface area (Å²) in [5, 5.41) is 2.65. The lowest BCUT2D eigenvalue weighted by atomic mass is 10.1. The molecule has 3 rings (SSSR count). The first-order valence-electron chi connectivity index (χ1n) is 9.56. The van der Waals surface area contributed by atoms with E-state index in [4.69, 9.17) is 9.47 Å². The molecule has 0 saturated carbocycles. The number of hydrogen-bond donors (Lipinski definition) is 1. The third-order valence-electron chi connectivity index (χ3n) is 4.33. The van der Waals surface area contributed by atoms with E-state index in [0.29, 0.717) is 18.7 Å². The monoisotopic (exact) mass is 407 g/mol. The van der Waals surface area contributed by atoms with Gasteiger partial charge in [-0.2, -0.15) is 0 Å². The normalized spacial score (nSPS) is 10.3. The number of carbonyl (C=O) groups is 2. The summed E-state index contributed by atoms with van der Waals surface area (Å²) < 4.78 is 23.4. The van der Waals surface area contributed by atoms with Gasteiger partial charge < -0.3 is 14.8 Å². The Bertz CT molecular complexity index is 974. The van der Waals surface area contributed by atoms with Gasteiger partial charge in [-0.25, -0.2) is 9.18 Å². The molecule has 0 heterocycles. The van der Waals surface area contributed by atoms with Crippen molar-refractivity contribution in [1.29, 1.82) is 0 Å². The quantitative estimate of drug-likeness (QED) is 0.549. The van der Waals surface area contributed by atoms with Gasteiger partial charge in [0.2, 0.25) is 0 Å². The SMILES string of the molecule is O=C(COC(=O)COc1ccccc1-c1ccccc1)NCCc1ccc(F)cc1. The fourth-order valence-electron chi connectivity index (χ4n) is 2.82. The number of esters is 1. The van der Waals surface area contributed by atoms with Gasteiger partial charge in [-0.1, -0.05) is 60.7 Å². The number of nitrogens with one attached hydrogen (secondary N) is 1. The molecule has 0 atom stereocenters. The minimum atomic E-state index is -0.633. The maximum Gasteiger partial charge on any atom is 0.344 e. The molecule has 0 unspecified atom stereocenters. The number of amides is 1. The number of benzene rings is 3. The van der Waals surface area contributed by atoms with Gasteiger partial charge in [0.05, 0.1) is 0 Å². The topological polar surface area (TPSA) is 64.6 Å². The Labute approximate surface area is 174 Å². The number of rotatable bonds is 9. The molecule has 3 aromatic carbocycles. The van der Waals surface area contributed by atoms with Gasteiger partial charge in [0.15, 0.2) is 13.2 Å². The number of para-hydroxylation sites is 1. The second kappa shape index (κ2) is 10.8. The summed E-state index contributed by atoms with van der Waals surface area (Å²) in [6.07, 6.45) is 0.555. The summed E-state index contributed by atoms with van der Waals surface area (Å²) in [4.78, 5) is 23.7. The lowest BCUT2D eigenvalue weighted by molar-refractivity contribution is -0.150. The highest BCUT2D eigenvalue weighted by molar-refractivity contribution is 5.81. The van der Waals surface area contributed by atoms with Crippen LogP contribution in [-0.2, 0) is 20.7 Å². The maximum atomic E-state index is 12.9. The molecule has 5 nitrogen and oxygen atoms in total. The van der Waals surface area contributed by atoms with Gasteiger partial charge in [-0.05, 0) is 35.7 Å². The van der Waals surface area contributed by atoms with E-state index in [1.807, 2.05) is 48.5 Å². The Kier molecular flexibility index (Phi) is 7.55. The van der Waals surface area contributed by atoms with Gasteiger partial charge >= 0.3 is 5.97 Å². The molecule has 0 bridgehead atoms. The molecule has 0 aliphatic heterocycles. The summed E-state index contributed by atoms with van der Waals surface area (Å²) in [5.74, 6) is -0.783. The lowest BCUT2D eigenvalue weighted by Gasteiger charge is -2.11. The molecular weight excluding hydrogens is 385 g/mol. The Balaban J connectivity index is 1.40. The van der Waals surface area contributed by atoms with E-state index in [2.05, 4.69) is 5.32 Å². The van der Waals surface area contributed by atoms with Crippen LogP contribution in [0.25, 0.3) is 11.1 Å². The van der Waals surface area contributed by atoms with Crippen LogP contribution in [0.15, 0.2) is 78.9 Å². The van der Waals surface area contributed by atoms with E-state index >= 15 is 0 Å². The highest BCUT2D eigenvalue weighted by Gasteiger charge is 2.11. The molecule has 0 aliphatic rings. The van der Waals surface area contributed by atoms with E-state index in [-0.39, 0.29) is 19.0 Å². The molecule has 1 N–H and O–H groups in total. The van der Waals surface area contributed by atoms with E-state index in [9.17, 15) is 14.0 Å². The second-order valence-corrected chi connectivity index (χ2v) is 6.54. The van der Waals surface area contributed by atoms with Crippen molar-refractivity contribution in [3.05, 3.63) is 90.2 Å². The van der Waals surface area contributed by atoms with Crippen molar-refractivity contribution in [2.45, 2.75) is 6.42 Å². The standard InChI is InChI=1S/C24H22FNO4/c25-20-12-10-18(11-13-20)14-15-26-23(27)16-30-24(28)17-29-22-9-5-4-8-21(22)19-6-2-1-3-7-19/h1-13H,14-17H2,(H,26,27). The van der Waals surface area contributed by atoms with Crippen LogP contribution in [0.3, 0.4) is 0 Å². The van der Waals surface area contributed by atoms with Crippen LogP contribution < -0.4 is 10.1 Å². The largest absolute Gasteiger partial charge is 0.481 e. The zero-order valence-corrected chi connectivity index (χ0v) is 16.3. The molecule has 0 radical (unpaired) electrons. The number of halogens is 1. The molecule has 0 fully saturated rings. The van der Waals surface area contributed by atoms with Crippen LogP contribution >= 0.6 is 0 Å². The predicted octanol–water partition coefficient (Wildman–Crippen LogP) is 3.77. The molecule has 0 spiro atoms. The highest BCUT2D eigenvalue weighted by Crippen LogP contribution is 2.29. The zero-order chi connectivity index (χ0) is 21.2. The van der Waals surface area contributed by atoms with Gasteiger partial charge in [0.1, 0.15) is 11.6 Å². The van der Waals surface area contributed by atoms with Crippen molar-refractivity contribution in [2.75, 3.05) is 19.8 Å². The summed E-state index contributed by atoms with van der Waals surface area (Å²) in [5.41, 5.74) is 2.74. The number of ether oxygens (including phenoxy) is 2. The lowest BCUT2D eigenvalue weighted by Crippen LogP contribution is -2.31. The number of hydrogen-bond acceptors (Lipinski definition) is 4. The number of carbonyl (C=O) groups excluding carboxylic acids is 2. The third-order valence-corrected chi connectivity index (χ3v) is 4.33. The first-order valence-corrected chi connectivity index (χ1v) is 9.56. The molecular formula is C24H22FNO4. The minimum Gasteiger partial charge on any atom is -0.481 e. The summed E-state index contributed by atoms with van der Waals surface area (Å²) in [6, 6.07) is 23.1. The van der Waals surface area contributed by atoms with Crippen LogP contribution in [0.1, 0.15) is 5.56 Å². The zero-order valence-electron chi connectivity index (χ0n) is 16.3. The van der Waals surface area contributed by atoms with Crippen LogP contribution in [0, 0.1) is 5.82 Å². The van der Waals surface area contributed by atoms with Crippen molar-refractivity contribution >= 4 is 11.9 Å². The minimum absolute atomic E-state index is 0.299. The molecule has 154 valence electrons. The molecule has 3 aromatic rings. The predicted molar refractivity (Wildman–Crippen MR) is 111 cm³/mol. The molecule has 6 heteroatoms. The average molecular weight is 407 g/mol. The molecule has 0 aliphatic carbocycles. The molecule has 30 heavy (non-hydrogen) atoms. The first-order chi connectivity index (χ1) is 14.6. The van der Waals surface area contributed by atoms with Gasteiger partial charge in [-0.15, -0.1) is 0 Å². The van der Waals surface area contributed by atoms with E-state index in [1.165, 1.54) is 12.1 Å². The van der Waals surface area contributed by atoms with Crippen LogP contribution in [0.2, 0.25) is 0 Å². The second-order valence-electron chi connectivity index (χ2n) is 6.54. The van der Waals surface area contributed by atoms with Crippen molar-refractivity contribution in [1.82, 2.24) is 5.32 Å². The first kappa shape index (κ1) is 21.0. The average Bonchev–Trinajstić information content (AvgIpc) is 2.78. The van der Waals surface area contributed by atoms with Gasteiger partial charge in [-0.3, -0.25) is 4.79 Å². The Hall–Kier alpha value is -3.67. The summed E-state index contributed by atoms with van der Waals surface area (Å²) >= 11 is 0. The van der Waals surface area contributed by atoms with Gasteiger partial charge in [0.25, 0.3) is 5.91 Å². The Morgan fingerprint density at radius 2 is 1.53 bits per heavy atom. The van der Waals surface area contributed by atoms with E-state index in [1.54, 1.807) is 18.2 Å². The van der Waals surface area contributed by atoms with Crippen molar-refractivity contribution < 1.29 is 23.5 Å². The third kappa shape index (κ3) is 6.44. The van der Waals surface area contributed by atoms with E-state index in [0.717, 1.165) is 16.7 Å². The molecule has 1 amide bonds. The van der Waals surface area contributed by atoms with Crippen molar-refractivity contribution in [2.24, 2.45) is 0 Å². The fourth-order valence-corrected chi connectivity index (χ4v) is 2.82. The Morgan fingerprint density at radius 1 is 0.833 bits per heavy atom. The van der Waals surface area contributed by atoms with Gasteiger partial charge in [0, 0.05) is 12.1 Å². The molecule has 0 aromatic heterocycles. The fraction of sp³-hybridized carbons (Fsp3) is 0.167. The summed E-state index contributed by atoms with van der Waals surface area (Å²) in [7, 11) is 0.